The van der Waals surface area contributed by atoms with Gasteiger partial charge in [0.05, 0.1) is 10.7 Å². The second kappa shape index (κ2) is 12.2. The molecular formula is C26H23N3O8S. The molecule has 0 spiro atoms. The molecule has 0 radical (unpaired) electrons. The van der Waals surface area contributed by atoms with Gasteiger partial charge in [-0.3, -0.25) is 24.6 Å². The second-order valence-electron chi connectivity index (χ2n) is 8.04. The number of β-lactam (4-membered cyclic amide) rings is 1. The summed E-state index contributed by atoms with van der Waals surface area (Å²) in [7, 11) is 0. The zero-order chi connectivity index (χ0) is 27.1. The molecule has 0 unspecified atom stereocenters. The number of rotatable bonds is 10. The molecule has 2 atom stereocenters. The van der Waals surface area contributed by atoms with E-state index in [4.69, 9.17) is 14.2 Å². The van der Waals surface area contributed by atoms with Crippen LogP contribution in [0.25, 0.3) is 0 Å². The van der Waals surface area contributed by atoms with Gasteiger partial charge in [0.2, 0.25) is 0 Å². The normalized spacial score (nSPS) is 17.8. The van der Waals surface area contributed by atoms with E-state index in [1.807, 2.05) is 6.07 Å². The van der Waals surface area contributed by atoms with Crippen molar-refractivity contribution in [2.24, 2.45) is 0 Å². The number of thioether (sulfide) groups is 1. The van der Waals surface area contributed by atoms with Crippen LogP contribution in [-0.2, 0) is 30.5 Å². The van der Waals surface area contributed by atoms with E-state index in [0.717, 1.165) is 0 Å². The number of nitro groups is 1. The van der Waals surface area contributed by atoms with Crippen LogP contribution < -0.4 is 10.1 Å². The number of para-hydroxylation sites is 1. The van der Waals surface area contributed by atoms with Gasteiger partial charge in [-0.15, -0.1) is 17.7 Å². The fourth-order valence-corrected chi connectivity index (χ4v) is 4.98. The Morgan fingerprint density at radius 1 is 1.16 bits per heavy atom. The van der Waals surface area contributed by atoms with Crippen molar-refractivity contribution in [1.82, 2.24) is 10.2 Å². The molecule has 0 aromatic heterocycles. The zero-order valence-electron chi connectivity index (χ0n) is 20.2. The largest absolute Gasteiger partial charge is 0.484 e. The first-order valence-corrected chi connectivity index (χ1v) is 12.5. The zero-order valence-corrected chi connectivity index (χ0v) is 21.1. The smallest absolute Gasteiger partial charge is 0.358 e. The SMILES string of the molecule is CC#CCOC1=C(C(=O)OCc2ccc([N+](=O)[O-])cc2)N2C(=O)[C@@H](NC(=O)COc3ccccc3)[C@H]2SC1. The lowest BCUT2D eigenvalue weighted by Crippen LogP contribution is -2.71. The first-order chi connectivity index (χ1) is 18.4. The standard InChI is InChI=1S/C26H23N3O8S/c1-2-3-13-35-20-16-38-25-22(27-21(30)15-36-19-7-5-4-6-8-19)24(31)28(25)23(20)26(32)37-14-17-9-11-18(12-10-17)29(33)34/h4-12,22,25H,13-16H2,1H3,(H,27,30)/t22-,25-/m1/s1. The minimum Gasteiger partial charge on any atom is -0.484 e. The van der Waals surface area contributed by atoms with Gasteiger partial charge in [-0.2, -0.15) is 0 Å². The number of fused-ring (bicyclic) bond motifs is 1. The van der Waals surface area contributed by atoms with Crippen LogP contribution in [0.5, 0.6) is 5.75 Å². The summed E-state index contributed by atoms with van der Waals surface area (Å²) in [6.45, 7) is 1.24. The molecule has 12 heteroatoms. The number of amides is 2. The minimum atomic E-state index is -0.846. The third-order valence-corrected chi connectivity index (χ3v) is 6.82. The molecule has 1 fully saturated rings. The molecule has 0 saturated carbocycles. The Morgan fingerprint density at radius 3 is 2.58 bits per heavy atom. The van der Waals surface area contributed by atoms with Crippen molar-refractivity contribution in [3.05, 3.63) is 81.7 Å². The lowest BCUT2D eigenvalue weighted by molar-refractivity contribution is -0.384. The van der Waals surface area contributed by atoms with Crippen molar-refractivity contribution in [3.63, 3.8) is 0 Å². The molecule has 4 rings (SSSR count). The Morgan fingerprint density at radius 2 is 1.89 bits per heavy atom. The van der Waals surface area contributed by atoms with E-state index in [1.54, 1.807) is 31.2 Å². The van der Waals surface area contributed by atoms with Crippen molar-refractivity contribution < 1.29 is 33.5 Å². The summed E-state index contributed by atoms with van der Waals surface area (Å²) in [6.07, 6.45) is 0. The summed E-state index contributed by atoms with van der Waals surface area (Å²) in [4.78, 5) is 50.1. The van der Waals surface area contributed by atoms with Gasteiger partial charge in [-0.25, -0.2) is 4.79 Å². The van der Waals surface area contributed by atoms with Crippen LogP contribution in [0.3, 0.4) is 0 Å². The van der Waals surface area contributed by atoms with Gasteiger partial charge in [-0.1, -0.05) is 24.1 Å². The van der Waals surface area contributed by atoms with Gasteiger partial charge in [0.25, 0.3) is 17.5 Å². The lowest BCUT2D eigenvalue weighted by Gasteiger charge is -2.49. The third kappa shape index (κ3) is 6.07. The Labute approximate surface area is 222 Å². The molecule has 0 aliphatic carbocycles. The summed E-state index contributed by atoms with van der Waals surface area (Å²) >= 11 is 1.33. The molecule has 1 N–H and O–H groups in total. The molecule has 2 aliphatic rings. The van der Waals surface area contributed by atoms with E-state index in [1.165, 1.54) is 40.9 Å². The van der Waals surface area contributed by atoms with Crippen molar-refractivity contribution in [2.75, 3.05) is 19.0 Å². The number of carbonyl (C=O) groups is 3. The van der Waals surface area contributed by atoms with Crippen molar-refractivity contribution in [2.45, 2.75) is 24.9 Å². The molecule has 1 saturated heterocycles. The fourth-order valence-electron chi connectivity index (χ4n) is 3.70. The lowest BCUT2D eigenvalue weighted by atomic mass is 10.0. The van der Waals surface area contributed by atoms with E-state index in [9.17, 15) is 24.5 Å². The van der Waals surface area contributed by atoms with Crippen LogP contribution in [0.4, 0.5) is 5.69 Å². The van der Waals surface area contributed by atoms with Gasteiger partial charge < -0.3 is 19.5 Å². The summed E-state index contributed by atoms with van der Waals surface area (Å²) in [5.41, 5.74) is 0.393. The maximum absolute atomic E-state index is 13.1. The Bertz CT molecular complexity index is 1320. The summed E-state index contributed by atoms with van der Waals surface area (Å²) in [6, 6.07) is 13.5. The highest BCUT2D eigenvalue weighted by Gasteiger charge is 2.55. The number of nitrogens with zero attached hydrogens (tertiary/aromatic N) is 2. The third-order valence-electron chi connectivity index (χ3n) is 5.57. The van der Waals surface area contributed by atoms with Crippen molar-refractivity contribution in [3.8, 4) is 17.6 Å². The van der Waals surface area contributed by atoms with Crippen LogP contribution in [0, 0.1) is 22.0 Å². The monoisotopic (exact) mass is 537 g/mol. The van der Waals surface area contributed by atoms with Crippen LogP contribution in [0.2, 0.25) is 0 Å². The molecule has 0 bridgehead atoms. The topological polar surface area (TPSA) is 137 Å². The molecule has 2 aromatic rings. The van der Waals surface area contributed by atoms with Gasteiger partial charge >= 0.3 is 5.97 Å². The Hall–Kier alpha value is -4.50. The summed E-state index contributed by atoms with van der Waals surface area (Å²) < 4.78 is 16.5. The van der Waals surface area contributed by atoms with Crippen LogP contribution in [-0.4, -0.2) is 58.0 Å². The highest BCUT2D eigenvalue weighted by atomic mass is 32.2. The number of nitrogens with one attached hydrogen (secondary N) is 1. The van der Waals surface area contributed by atoms with E-state index < -0.39 is 34.1 Å². The van der Waals surface area contributed by atoms with Crippen molar-refractivity contribution >= 4 is 35.2 Å². The van der Waals surface area contributed by atoms with Crippen molar-refractivity contribution in [1.29, 1.82) is 0 Å². The molecule has 196 valence electrons. The van der Waals surface area contributed by atoms with E-state index >= 15 is 0 Å². The fraction of sp³-hybridized carbons (Fsp3) is 0.269. The van der Waals surface area contributed by atoms with E-state index in [2.05, 4.69) is 17.2 Å². The minimum absolute atomic E-state index is 0.0230. The van der Waals surface area contributed by atoms with Crippen LogP contribution in [0.15, 0.2) is 66.1 Å². The Balaban J connectivity index is 1.42. The maximum atomic E-state index is 13.1. The van der Waals surface area contributed by atoms with Gasteiger partial charge in [-0.05, 0) is 36.8 Å². The predicted molar refractivity (Wildman–Crippen MR) is 136 cm³/mol. The molecule has 2 aliphatic heterocycles. The first-order valence-electron chi connectivity index (χ1n) is 11.5. The quantitative estimate of drug-likeness (QED) is 0.159. The number of nitro benzene ring substituents is 1. The predicted octanol–water partition coefficient (Wildman–Crippen LogP) is 2.37. The van der Waals surface area contributed by atoms with Gasteiger partial charge in [0.1, 0.15) is 36.1 Å². The van der Waals surface area contributed by atoms with E-state index in [-0.39, 0.29) is 42.7 Å². The number of esters is 1. The number of ether oxygens (including phenoxy) is 3. The molecule has 11 nitrogen and oxygen atoms in total. The number of non-ortho nitro benzene ring substituents is 1. The molecule has 38 heavy (non-hydrogen) atoms. The molecule has 2 heterocycles. The number of benzene rings is 2. The molecule has 2 aromatic carbocycles. The highest BCUT2D eigenvalue weighted by Crippen LogP contribution is 2.41. The summed E-state index contributed by atoms with van der Waals surface area (Å²) in [5.74, 6) is 4.72. The molecular weight excluding hydrogens is 514 g/mol. The van der Waals surface area contributed by atoms with Crippen LogP contribution in [0.1, 0.15) is 12.5 Å². The first kappa shape index (κ1) is 26.6. The maximum Gasteiger partial charge on any atom is 0.358 e. The number of carbonyl (C=O) groups excluding carboxylic acids is 3. The van der Waals surface area contributed by atoms with Gasteiger partial charge in [0.15, 0.2) is 12.3 Å². The molecule has 2 amide bonds. The average molecular weight is 538 g/mol. The second-order valence-corrected chi connectivity index (χ2v) is 9.15. The summed E-state index contributed by atoms with van der Waals surface area (Å²) in [5, 5.41) is 13.0. The Kier molecular flexibility index (Phi) is 8.50. The van der Waals surface area contributed by atoms with Crippen LogP contribution >= 0.6 is 11.8 Å². The highest BCUT2D eigenvalue weighted by molar-refractivity contribution is 8.00. The number of hydrogen-bond acceptors (Lipinski definition) is 9. The average Bonchev–Trinajstić information content (AvgIpc) is 2.94. The van der Waals surface area contributed by atoms with E-state index in [0.29, 0.717) is 11.3 Å². The number of hydrogen-bond donors (Lipinski definition) is 1. The van der Waals surface area contributed by atoms with Gasteiger partial charge in [0, 0.05) is 12.1 Å².